The summed E-state index contributed by atoms with van der Waals surface area (Å²) in [6.45, 7) is -0.472. The Morgan fingerprint density at radius 3 is 2.46 bits per heavy atom. The van der Waals surface area contributed by atoms with Crippen molar-refractivity contribution in [2.75, 3.05) is 30.9 Å². The lowest BCUT2D eigenvalue weighted by molar-refractivity contribution is -0.119. The van der Waals surface area contributed by atoms with Crippen LogP contribution in [0.25, 0.3) is 0 Å². The number of carbonyl (C=O) groups excluding carboxylic acids is 2. The number of phenolic OH excluding ortho intramolecular Hbond substituents is 1. The summed E-state index contributed by atoms with van der Waals surface area (Å²) in [4.78, 5) is 25.6. The van der Waals surface area contributed by atoms with Crippen LogP contribution in [0, 0.1) is 0 Å². The van der Waals surface area contributed by atoms with Crippen LogP contribution < -0.4 is 10.2 Å². The first-order valence-corrected chi connectivity index (χ1v) is 7.47. The summed E-state index contributed by atoms with van der Waals surface area (Å²) in [6, 6.07) is 11.2. The second-order valence-corrected chi connectivity index (χ2v) is 5.66. The van der Waals surface area contributed by atoms with Gasteiger partial charge >= 0.3 is 5.97 Å². The highest BCUT2D eigenvalue weighted by Crippen LogP contribution is 2.22. The van der Waals surface area contributed by atoms with Gasteiger partial charge in [0.1, 0.15) is 11.3 Å². The normalized spacial score (nSPS) is 10.1. The first-order chi connectivity index (χ1) is 11.4. The molecule has 126 valence electrons. The summed E-state index contributed by atoms with van der Waals surface area (Å²) >= 11 is 5.76. The Morgan fingerprint density at radius 1 is 1.17 bits per heavy atom. The van der Waals surface area contributed by atoms with Gasteiger partial charge in [0.05, 0.1) is 0 Å². The first kappa shape index (κ1) is 17.6. The minimum absolute atomic E-state index is 0.0920. The van der Waals surface area contributed by atoms with Crippen molar-refractivity contribution in [2.45, 2.75) is 0 Å². The van der Waals surface area contributed by atoms with E-state index in [0.717, 1.165) is 5.69 Å². The molecule has 0 heterocycles. The van der Waals surface area contributed by atoms with Crippen molar-refractivity contribution < 1.29 is 19.4 Å². The van der Waals surface area contributed by atoms with Crippen molar-refractivity contribution in [1.82, 2.24) is 0 Å². The van der Waals surface area contributed by atoms with E-state index in [1.165, 1.54) is 18.2 Å². The molecule has 24 heavy (non-hydrogen) atoms. The Labute approximate surface area is 144 Å². The van der Waals surface area contributed by atoms with Crippen molar-refractivity contribution >= 4 is 34.9 Å². The second-order valence-electron chi connectivity index (χ2n) is 5.23. The molecule has 0 radical (unpaired) electrons. The van der Waals surface area contributed by atoms with E-state index >= 15 is 0 Å². The highest BCUT2D eigenvalue weighted by Gasteiger charge is 2.15. The number of aromatic hydroxyl groups is 1. The standard InChI is InChI=1S/C17H17ClN2O4/c1-20(2)13-6-4-12(5-7-13)19-16(22)10-24-17(23)14-9-11(18)3-8-15(14)21/h3-9,21H,10H2,1-2H3,(H,19,22). The van der Waals surface area contributed by atoms with E-state index in [-0.39, 0.29) is 16.3 Å². The molecule has 0 spiro atoms. The number of hydrogen-bond donors (Lipinski definition) is 2. The fourth-order valence-corrected chi connectivity index (χ4v) is 2.09. The Kier molecular flexibility index (Phi) is 5.65. The predicted molar refractivity (Wildman–Crippen MR) is 92.8 cm³/mol. The van der Waals surface area contributed by atoms with Gasteiger partial charge in [-0.25, -0.2) is 4.79 Å². The van der Waals surface area contributed by atoms with E-state index in [2.05, 4.69) is 5.32 Å². The molecule has 0 aliphatic heterocycles. The number of halogens is 1. The fraction of sp³-hybridized carbons (Fsp3) is 0.176. The lowest BCUT2D eigenvalue weighted by Crippen LogP contribution is -2.21. The molecule has 2 rings (SSSR count). The third-order valence-electron chi connectivity index (χ3n) is 3.18. The second kappa shape index (κ2) is 7.70. The number of esters is 1. The molecular formula is C17H17ClN2O4. The summed E-state index contributed by atoms with van der Waals surface area (Å²) < 4.78 is 4.88. The van der Waals surface area contributed by atoms with Crippen molar-refractivity contribution in [3.05, 3.63) is 53.1 Å². The van der Waals surface area contributed by atoms with Gasteiger partial charge in [-0.3, -0.25) is 4.79 Å². The SMILES string of the molecule is CN(C)c1ccc(NC(=O)COC(=O)c2cc(Cl)ccc2O)cc1. The van der Waals surface area contributed by atoms with E-state index in [4.69, 9.17) is 16.3 Å². The molecule has 0 saturated carbocycles. The zero-order valence-corrected chi connectivity index (χ0v) is 14.0. The molecule has 2 N–H and O–H groups in total. The van der Waals surface area contributed by atoms with Gasteiger partial charge in [0, 0.05) is 30.5 Å². The molecule has 0 aliphatic rings. The predicted octanol–water partition coefficient (Wildman–Crippen LogP) is 2.91. The van der Waals surface area contributed by atoms with Gasteiger partial charge in [-0.2, -0.15) is 0 Å². The Morgan fingerprint density at radius 2 is 1.83 bits per heavy atom. The summed E-state index contributed by atoms with van der Waals surface area (Å²) in [5, 5.41) is 12.5. The molecule has 0 bridgehead atoms. The zero-order valence-electron chi connectivity index (χ0n) is 13.2. The van der Waals surface area contributed by atoms with Crippen LogP contribution in [0.2, 0.25) is 5.02 Å². The minimum Gasteiger partial charge on any atom is -0.507 e. The van der Waals surface area contributed by atoms with E-state index in [1.54, 1.807) is 12.1 Å². The number of rotatable bonds is 5. The molecule has 0 saturated heterocycles. The molecule has 7 heteroatoms. The molecule has 0 aliphatic carbocycles. The third kappa shape index (κ3) is 4.63. The monoisotopic (exact) mass is 348 g/mol. The van der Waals surface area contributed by atoms with E-state index in [1.807, 2.05) is 31.1 Å². The number of nitrogens with one attached hydrogen (secondary N) is 1. The van der Waals surface area contributed by atoms with Crippen LogP contribution in [-0.2, 0) is 9.53 Å². The van der Waals surface area contributed by atoms with Gasteiger partial charge in [0.25, 0.3) is 5.91 Å². The number of hydrogen-bond acceptors (Lipinski definition) is 5. The van der Waals surface area contributed by atoms with Crippen molar-refractivity contribution in [3.8, 4) is 5.75 Å². The number of amides is 1. The van der Waals surface area contributed by atoms with Crippen LogP contribution in [0.3, 0.4) is 0 Å². The number of anilines is 2. The maximum absolute atomic E-state index is 11.9. The number of phenols is 1. The lowest BCUT2D eigenvalue weighted by atomic mass is 10.2. The molecule has 0 unspecified atom stereocenters. The molecule has 1 amide bonds. The maximum Gasteiger partial charge on any atom is 0.342 e. The Balaban J connectivity index is 1.90. The summed E-state index contributed by atoms with van der Waals surface area (Å²) in [7, 11) is 3.83. The van der Waals surface area contributed by atoms with E-state index < -0.39 is 18.5 Å². The van der Waals surface area contributed by atoms with Gasteiger partial charge < -0.3 is 20.1 Å². The molecule has 2 aromatic carbocycles. The third-order valence-corrected chi connectivity index (χ3v) is 3.42. The summed E-state index contributed by atoms with van der Waals surface area (Å²) in [5.74, 6) is -1.57. The number of carbonyl (C=O) groups is 2. The average Bonchev–Trinajstić information content (AvgIpc) is 2.55. The van der Waals surface area contributed by atoms with Crippen LogP contribution in [0.1, 0.15) is 10.4 Å². The summed E-state index contributed by atoms with van der Waals surface area (Å²) in [5.41, 5.74) is 1.49. The average molecular weight is 349 g/mol. The fourth-order valence-electron chi connectivity index (χ4n) is 1.92. The number of nitrogens with zero attached hydrogens (tertiary/aromatic N) is 1. The molecule has 6 nitrogen and oxygen atoms in total. The van der Waals surface area contributed by atoms with Gasteiger partial charge in [-0.1, -0.05) is 11.6 Å². The lowest BCUT2D eigenvalue weighted by Gasteiger charge is -2.13. The van der Waals surface area contributed by atoms with Crippen LogP contribution in [0.4, 0.5) is 11.4 Å². The minimum atomic E-state index is -0.826. The van der Waals surface area contributed by atoms with Crippen LogP contribution >= 0.6 is 11.6 Å². The zero-order chi connectivity index (χ0) is 17.7. The smallest absolute Gasteiger partial charge is 0.342 e. The van der Waals surface area contributed by atoms with Crippen molar-refractivity contribution in [3.63, 3.8) is 0 Å². The van der Waals surface area contributed by atoms with E-state index in [0.29, 0.717) is 5.69 Å². The number of ether oxygens (including phenoxy) is 1. The summed E-state index contributed by atoms with van der Waals surface area (Å²) in [6.07, 6.45) is 0. The van der Waals surface area contributed by atoms with Crippen molar-refractivity contribution in [2.24, 2.45) is 0 Å². The van der Waals surface area contributed by atoms with Gasteiger partial charge in [-0.05, 0) is 42.5 Å². The largest absolute Gasteiger partial charge is 0.507 e. The number of benzene rings is 2. The van der Waals surface area contributed by atoms with Crippen LogP contribution in [0.5, 0.6) is 5.75 Å². The quantitative estimate of drug-likeness (QED) is 0.812. The Bertz CT molecular complexity index is 745. The highest BCUT2D eigenvalue weighted by atomic mass is 35.5. The molecule has 2 aromatic rings. The molecule has 0 aromatic heterocycles. The molecule has 0 atom stereocenters. The topological polar surface area (TPSA) is 78.9 Å². The van der Waals surface area contributed by atoms with Gasteiger partial charge in [-0.15, -0.1) is 0 Å². The maximum atomic E-state index is 11.9. The van der Waals surface area contributed by atoms with Gasteiger partial charge in [0.15, 0.2) is 6.61 Å². The first-order valence-electron chi connectivity index (χ1n) is 7.09. The van der Waals surface area contributed by atoms with Crippen molar-refractivity contribution in [1.29, 1.82) is 0 Å². The molecule has 0 fully saturated rings. The van der Waals surface area contributed by atoms with Crippen LogP contribution in [0.15, 0.2) is 42.5 Å². The van der Waals surface area contributed by atoms with E-state index in [9.17, 15) is 14.7 Å². The molecular weight excluding hydrogens is 332 g/mol. The highest BCUT2D eigenvalue weighted by molar-refractivity contribution is 6.31. The van der Waals surface area contributed by atoms with Crippen LogP contribution in [-0.4, -0.2) is 37.7 Å². The Hall–Kier alpha value is -2.73. The van der Waals surface area contributed by atoms with Gasteiger partial charge in [0.2, 0.25) is 0 Å².